The topological polar surface area (TPSA) is 92.2 Å². The monoisotopic (exact) mass is 443 g/mol. The molecule has 0 saturated heterocycles. The molecule has 30 heavy (non-hydrogen) atoms. The van der Waals surface area contributed by atoms with Gasteiger partial charge in [0.05, 0.1) is 11.4 Å². The Hall–Kier alpha value is -3.17. The number of hydrogen-bond donors (Lipinski definition) is 2. The minimum Gasteiger partial charge on any atom is -0.351 e. The number of aromatic amines is 1. The fourth-order valence-corrected chi connectivity index (χ4v) is 3.59. The molecule has 0 atom stereocenters. The van der Waals surface area contributed by atoms with Crippen molar-refractivity contribution >= 4 is 34.8 Å². The number of hydrogen-bond acceptors (Lipinski definition) is 5. The molecule has 1 amide bonds. The third kappa shape index (κ3) is 4.52. The minimum absolute atomic E-state index is 0.0907. The molecular weight excluding hydrogens is 429 g/mol. The molecule has 0 fully saturated rings. The Kier molecular flexibility index (Phi) is 5.82. The van der Waals surface area contributed by atoms with Gasteiger partial charge in [0.2, 0.25) is 11.1 Å². The Balaban J connectivity index is 1.47. The number of carbonyl (C=O) groups excluding carboxylic acids is 1. The van der Waals surface area contributed by atoms with Gasteiger partial charge in [0.25, 0.3) is 5.56 Å². The third-order valence-corrected chi connectivity index (χ3v) is 5.43. The number of nitrogens with one attached hydrogen (secondary N) is 2. The summed E-state index contributed by atoms with van der Waals surface area (Å²) < 4.78 is 14.5. The van der Waals surface area contributed by atoms with Crippen molar-refractivity contribution in [1.29, 1.82) is 0 Å². The van der Waals surface area contributed by atoms with Crippen molar-refractivity contribution in [2.24, 2.45) is 0 Å². The van der Waals surface area contributed by atoms with Crippen molar-refractivity contribution < 1.29 is 9.18 Å². The first-order valence-electron chi connectivity index (χ1n) is 8.88. The van der Waals surface area contributed by atoms with Gasteiger partial charge in [-0.1, -0.05) is 35.5 Å². The summed E-state index contributed by atoms with van der Waals surface area (Å²) in [5, 5.41) is 14.6. The van der Waals surface area contributed by atoms with Crippen molar-refractivity contribution in [3.63, 3.8) is 0 Å². The lowest BCUT2D eigenvalue weighted by Gasteiger charge is -2.06. The number of thioether (sulfide) groups is 1. The lowest BCUT2D eigenvalue weighted by atomic mass is 10.1. The molecule has 4 aromatic rings. The maximum Gasteiger partial charge on any atom is 0.290 e. The Morgan fingerprint density at radius 1 is 1.17 bits per heavy atom. The minimum atomic E-state index is -0.410. The number of rotatable bonds is 6. The van der Waals surface area contributed by atoms with E-state index in [0.717, 1.165) is 17.3 Å². The predicted octanol–water partition coefficient (Wildman–Crippen LogP) is 3.29. The van der Waals surface area contributed by atoms with Crippen LogP contribution in [0.15, 0.2) is 64.5 Å². The van der Waals surface area contributed by atoms with Gasteiger partial charge in [-0.25, -0.2) is 14.0 Å². The molecule has 4 rings (SSSR count). The van der Waals surface area contributed by atoms with E-state index in [1.165, 1.54) is 16.6 Å². The summed E-state index contributed by atoms with van der Waals surface area (Å²) in [4.78, 5) is 24.3. The van der Waals surface area contributed by atoms with E-state index in [1.54, 1.807) is 30.3 Å². The largest absolute Gasteiger partial charge is 0.351 e. The highest BCUT2D eigenvalue weighted by molar-refractivity contribution is 7.99. The first-order chi connectivity index (χ1) is 14.5. The molecule has 0 spiro atoms. The van der Waals surface area contributed by atoms with Crippen molar-refractivity contribution in [3.05, 3.63) is 81.4 Å². The molecule has 7 nitrogen and oxygen atoms in total. The Morgan fingerprint density at radius 2 is 1.90 bits per heavy atom. The van der Waals surface area contributed by atoms with E-state index in [4.69, 9.17) is 11.6 Å². The molecular formula is C20H15ClFN5O2S. The van der Waals surface area contributed by atoms with E-state index in [-0.39, 0.29) is 23.0 Å². The van der Waals surface area contributed by atoms with E-state index >= 15 is 0 Å². The second-order valence-corrected chi connectivity index (χ2v) is 7.74. The normalized spacial score (nSPS) is 11.0. The summed E-state index contributed by atoms with van der Waals surface area (Å²) >= 11 is 6.99. The zero-order valence-electron chi connectivity index (χ0n) is 15.4. The van der Waals surface area contributed by atoms with Gasteiger partial charge in [-0.3, -0.25) is 9.59 Å². The van der Waals surface area contributed by atoms with Crippen LogP contribution in [0, 0.1) is 5.82 Å². The zero-order chi connectivity index (χ0) is 21.1. The highest BCUT2D eigenvalue weighted by atomic mass is 35.5. The summed E-state index contributed by atoms with van der Waals surface area (Å²) in [6.45, 7) is 0.376. The molecule has 0 radical (unpaired) electrons. The molecule has 2 aromatic carbocycles. The number of aromatic nitrogens is 4. The van der Waals surface area contributed by atoms with Crippen molar-refractivity contribution in [2.75, 3.05) is 5.75 Å². The standard InChI is InChI=1S/C20H15ClFN5O2S/c21-14-5-1-12(2-6-14)10-23-18(28)11-30-20-25-24-19(29)17-9-16(26-27(17)20)13-3-7-15(22)8-4-13/h1-9H,10-11H2,(H,23,28)(H,24,29). The number of nitrogens with zero attached hydrogens (tertiary/aromatic N) is 3. The molecule has 2 N–H and O–H groups in total. The Morgan fingerprint density at radius 3 is 2.63 bits per heavy atom. The highest BCUT2D eigenvalue weighted by Gasteiger charge is 2.14. The average molecular weight is 444 g/mol. The quantitative estimate of drug-likeness (QED) is 0.446. The fraction of sp³-hybridized carbons (Fsp3) is 0.100. The number of fused-ring (bicyclic) bond motifs is 1. The lowest BCUT2D eigenvalue weighted by molar-refractivity contribution is -0.118. The predicted molar refractivity (Wildman–Crippen MR) is 113 cm³/mol. The Bertz CT molecular complexity index is 1260. The summed E-state index contributed by atoms with van der Waals surface area (Å²) in [7, 11) is 0. The van der Waals surface area contributed by atoms with E-state index < -0.39 is 5.56 Å². The van der Waals surface area contributed by atoms with Crippen LogP contribution in [0.1, 0.15) is 5.56 Å². The van der Waals surface area contributed by atoms with Crippen LogP contribution in [0.3, 0.4) is 0 Å². The van der Waals surface area contributed by atoms with Crippen LogP contribution in [0.2, 0.25) is 5.02 Å². The first kappa shape index (κ1) is 20.1. The highest BCUT2D eigenvalue weighted by Crippen LogP contribution is 2.21. The van der Waals surface area contributed by atoms with Crippen molar-refractivity contribution in [3.8, 4) is 11.3 Å². The number of halogens is 2. The molecule has 0 unspecified atom stereocenters. The van der Waals surface area contributed by atoms with E-state index in [0.29, 0.717) is 28.0 Å². The van der Waals surface area contributed by atoms with Gasteiger partial charge in [0.15, 0.2) is 0 Å². The van der Waals surface area contributed by atoms with E-state index in [2.05, 4.69) is 20.6 Å². The van der Waals surface area contributed by atoms with Gasteiger partial charge in [0, 0.05) is 17.1 Å². The molecule has 2 heterocycles. The van der Waals surface area contributed by atoms with Crippen LogP contribution in [0.25, 0.3) is 16.8 Å². The summed E-state index contributed by atoms with van der Waals surface area (Å²) in [6.07, 6.45) is 0. The van der Waals surface area contributed by atoms with E-state index in [9.17, 15) is 14.0 Å². The van der Waals surface area contributed by atoms with Crippen LogP contribution in [-0.4, -0.2) is 31.5 Å². The van der Waals surface area contributed by atoms with Gasteiger partial charge in [0.1, 0.15) is 11.3 Å². The van der Waals surface area contributed by atoms with Crippen molar-refractivity contribution in [1.82, 2.24) is 25.1 Å². The second kappa shape index (κ2) is 8.68. The molecule has 10 heteroatoms. The maximum absolute atomic E-state index is 13.2. The number of amides is 1. The van der Waals surface area contributed by atoms with Crippen LogP contribution in [-0.2, 0) is 11.3 Å². The molecule has 2 aromatic heterocycles. The second-order valence-electron chi connectivity index (χ2n) is 6.36. The molecule has 0 saturated carbocycles. The lowest BCUT2D eigenvalue weighted by Crippen LogP contribution is -2.25. The molecule has 0 aliphatic carbocycles. The van der Waals surface area contributed by atoms with Crippen molar-refractivity contribution in [2.45, 2.75) is 11.7 Å². The summed E-state index contributed by atoms with van der Waals surface area (Å²) in [5.41, 5.74) is 1.97. The van der Waals surface area contributed by atoms with Gasteiger partial charge in [-0.05, 0) is 48.0 Å². The number of H-pyrrole nitrogens is 1. The smallest absolute Gasteiger partial charge is 0.290 e. The Labute approximate surface area is 179 Å². The van der Waals surface area contributed by atoms with Crippen LogP contribution in [0.5, 0.6) is 0 Å². The van der Waals surface area contributed by atoms with Gasteiger partial charge in [-0.15, -0.1) is 5.10 Å². The van der Waals surface area contributed by atoms with Gasteiger partial charge in [-0.2, -0.15) is 5.10 Å². The molecule has 152 valence electrons. The number of benzene rings is 2. The summed E-state index contributed by atoms with van der Waals surface area (Å²) in [5.74, 6) is -0.460. The third-order valence-electron chi connectivity index (χ3n) is 4.25. The van der Waals surface area contributed by atoms with Crippen LogP contribution < -0.4 is 10.9 Å². The van der Waals surface area contributed by atoms with Crippen LogP contribution in [0.4, 0.5) is 4.39 Å². The van der Waals surface area contributed by atoms with Crippen LogP contribution >= 0.6 is 23.4 Å². The average Bonchev–Trinajstić information content (AvgIpc) is 3.20. The van der Waals surface area contributed by atoms with Gasteiger partial charge >= 0.3 is 0 Å². The molecule has 0 bridgehead atoms. The van der Waals surface area contributed by atoms with Gasteiger partial charge < -0.3 is 5.32 Å². The first-order valence-corrected chi connectivity index (χ1v) is 10.2. The molecule has 0 aliphatic heterocycles. The zero-order valence-corrected chi connectivity index (χ0v) is 17.0. The number of carbonyl (C=O) groups is 1. The summed E-state index contributed by atoms with van der Waals surface area (Å²) in [6, 6.07) is 14.6. The van der Waals surface area contributed by atoms with E-state index in [1.807, 2.05) is 12.1 Å². The maximum atomic E-state index is 13.2. The SMILES string of the molecule is O=C(CSc1n[nH]c(=O)c2cc(-c3ccc(F)cc3)nn12)NCc1ccc(Cl)cc1. The fourth-order valence-electron chi connectivity index (χ4n) is 2.73. The molecule has 0 aliphatic rings.